The van der Waals surface area contributed by atoms with Crippen molar-refractivity contribution in [3.05, 3.63) is 0 Å². The van der Waals surface area contributed by atoms with Crippen molar-refractivity contribution in [2.45, 2.75) is 51.6 Å². The van der Waals surface area contributed by atoms with Crippen LogP contribution in [0, 0.1) is 17.2 Å². The lowest BCUT2D eigenvalue weighted by molar-refractivity contribution is -0.157. The first-order valence-corrected chi connectivity index (χ1v) is 6.19. The number of hydrogen-bond donors (Lipinski definition) is 1. The van der Waals surface area contributed by atoms with Crippen molar-refractivity contribution < 1.29 is 13.2 Å². The number of alkyl halides is 3. The number of rotatable bonds is 9. The molecule has 17 heavy (non-hydrogen) atoms. The third-order valence-electron chi connectivity index (χ3n) is 2.61. The van der Waals surface area contributed by atoms with Crippen molar-refractivity contribution in [1.29, 1.82) is 5.26 Å². The summed E-state index contributed by atoms with van der Waals surface area (Å²) in [6.07, 6.45) is 2.24. The van der Waals surface area contributed by atoms with E-state index in [0.717, 1.165) is 19.3 Å². The van der Waals surface area contributed by atoms with Crippen molar-refractivity contribution in [2.24, 2.45) is 5.92 Å². The molecule has 0 saturated heterocycles. The lowest BCUT2D eigenvalue weighted by Gasteiger charge is -2.13. The fourth-order valence-corrected chi connectivity index (χ4v) is 1.51. The SMILES string of the molecule is CCCCCCCCNCC(C#N)C(F)(F)F. The van der Waals surface area contributed by atoms with Crippen LogP contribution in [0.25, 0.3) is 0 Å². The molecule has 0 bridgehead atoms. The van der Waals surface area contributed by atoms with Crippen molar-refractivity contribution in [3.63, 3.8) is 0 Å². The molecule has 5 heteroatoms. The van der Waals surface area contributed by atoms with E-state index < -0.39 is 12.1 Å². The first kappa shape index (κ1) is 16.2. The second-order valence-corrected chi connectivity index (χ2v) is 4.20. The first-order chi connectivity index (χ1) is 8.02. The Morgan fingerprint density at radius 3 is 2.24 bits per heavy atom. The molecule has 0 heterocycles. The first-order valence-electron chi connectivity index (χ1n) is 6.19. The normalized spacial score (nSPS) is 13.4. The van der Waals surface area contributed by atoms with Crippen LogP contribution in [0.5, 0.6) is 0 Å². The molecule has 0 aliphatic rings. The highest BCUT2D eigenvalue weighted by Crippen LogP contribution is 2.24. The Morgan fingerprint density at radius 2 is 1.71 bits per heavy atom. The molecule has 2 nitrogen and oxygen atoms in total. The molecule has 0 aliphatic carbocycles. The molecule has 0 fully saturated rings. The summed E-state index contributed by atoms with van der Waals surface area (Å²) in [6, 6.07) is 1.27. The van der Waals surface area contributed by atoms with Gasteiger partial charge in [0.2, 0.25) is 0 Å². The summed E-state index contributed by atoms with van der Waals surface area (Å²) in [5.41, 5.74) is 0. The Labute approximate surface area is 101 Å². The summed E-state index contributed by atoms with van der Waals surface area (Å²) < 4.78 is 36.5. The van der Waals surface area contributed by atoms with E-state index in [1.807, 2.05) is 0 Å². The van der Waals surface area contributed by atoms with Gasteiger partial charge in [-0.3, -0.25) is 0 Å². The van der Waals surface area contributed by atoms with Crippen LogP contribution in [0.4, 0.5) is 13.2 Å². The van der Waals surface area contributed by atoms with Gasteiger partial charge in [-0.05, 0) is 13.0 Å². The molecule has 1 N–H and O–H groups in total. The standard InChI is InChI=1S/C12H21F3N2/c1-2-3-4-5-6-7-8-17-10-11(9-16)12(13,14)15/h11,17H,2-8,10H2,1H3. The fourth-order valence-electron chi connectivity index (χ4n) is 1.51. The van der Waals surface area contributed by atoms with E-state index in [2.05, 4.69) is 12.2 Å². The maximum atomic E-state index is 12.2. The van der Waals surface area contributed by atoms with Gasteiger partial charge in [-0.1, -0.05) is 39.0 Å². The zero-order chi connectivity index (χ0) is 13.1. The molecular weight excluding hydrogens is 229 g/mol. The van der Waals surface area contributed by atoms with Gasteiger partial charge in [-0.2, -0.15) is 18.4 Å². The molecular formula is C12H21F3N2. The van der Waals surface area contributed by atoms with E-state index in [9.17, 15) is 13.2 Å². The lowest BCUT2D eigenvalue weighted by Crippen LogP contribution is -2.32. The number of nitrogens with one attached hydrogen (secondary N) is 1. The van der Waals surface area contributed by atoms with Crippen molar-refractivity contribution >= 4 is 0 Å². The molecule has 0 aromatic rings. The molecule has 0 aromatic heterocycles. The number of halogens is 3. The van der Waals surface area contributed by atoms with Crippen LogP contribution >= 0.6 is 0 Å². The quantitative estimate of drug-likeness (QED) is 0.634. The van der Waals surface area contributed by atoms with E-state index in [0.29, 0.717) is 6.54 Å². The minimum Gasteiger partial charge on any atom is -0.315 e. The van der Waals surface area contributed by atoms with E-state index in [1.54, 1.807) is 0 Å². The number of hydrogen-bond acceptors (Lipinski definition) is 2. The average molecular weight is 250 g/mol. The highest BCUT2D eigenvalue weighted by Gasteiger charge is 2.39. The van der Waals surface area contributed by atoms with E-state index in [4.69, 9.17) is 5.26 Å². The van der Waals surface area contributed by atoms with Gasteiger partial charge in [-0.15, -0.1) is 0 Å². The maximum Gasteiger partial charge on any atom is 0.405 e. The van der Waals surface area contributed by atoms with Crippen LogP contribution in [-0.4, -0.2) is 19.3 Å². The summed E-state index contributed by atoms with van der Waals surface area (Å²) in [7, 11) is 0. The highest BCUT2D eigenvalue weighted by atomic mass is 19.4. The number of nitriles is 1. The molecule has 0 aromatic carbocycles. The predicted octanol–water partition coefficient (Wildman–Crippen LogP) is 3.64. The third kappa shape index (κ3) is 8.99. The molecule has 0 amide bonds. The van der Waals surface area contributed by atoms with Crippen LogP contribution in [-0.2, 0) is 0 Å². The molecule has 0 aliphatic heterocycles. The van der Waals surface area contributed by atoms with E-state index in [-0.39, 0.29) is 6.54 Å². The topological polar surface area (TPSA) is 35.8 Å². The Morgan fingerprint density at radius 1 is 1.12 bits per heavy atom. The van der Waals surface area contributed by atoms with Gasteiger partial charge in [0.25, 0.3) is 0 Å². The van der Waals surface area contributed by atoms with Crippen molar-refractivity contribution in [2.75, 3.05) is 13.1 Å². The van der Waals surface area contributed by atoms with Crippen LogP contribution in [0.1, 0.15) is 45.4 Å². The largest absolute Gasteiger partial charge is 0.405 e. The molecule has 0 saturated carbocycles. The summed E-state index contributed by atoms with van der Waals surface area (Å²) in [5, 5.41) is 11.0. The Kier molecular flexibility index (Phi) is 8.87. The van der Waals surface area contributed by atoms with Crippen LogP contribution in [0.15, 0.2) is 0 Å². The minimum absolute atomic E-state index is 0.297. The van der Waals surface area contributed by atoms with Gasteiger partial charge in [0.1, 0.15) is 0 Å². The summed E-state index contributed by atoms with van der Waals surface area (Å²) in [6.45, 7) is 2.40. The van der Waals surface area contributed by atoms with Crippen LogP contribution < -0.4 is 5.32 Å². The molecule has 0 radical (unpaired) electrons. The molecule has 100 valence electrons. The van der Waals surface area contributed by atoms with Gasteiger partial charge in [0.05, 0.1) is 6.07 Å². The lowest BCUT2D eigenvalue weighted by atomic mass is 10.1. The molecule has 1 atom stereocenters. The Balaban J connectivity index is 3.42. The van der Waals surface area contributed by atoms with E-state index >= 15 is 0 Å². The zero-order valence-electron chi connectivity index (χ0n) is 10.3. The Hall–Kier alpha value is -0.760. The van der Waals surface area contributed by atoms with Crippen molar-refractivity contribution in [1.82, 2.24) is 5.32 Å². The smallest absolute Gasteiger partial charge is 0.315 e. The Bertz CT molecular complexity index is 221. The van der Waals surface area contributed by atoms with E-state index in [1.165, 1.54) is 25.3 Å². The van der Waals surface area contributed by atoms with Gasteiger partial charge >= 0.3 is 6.18 Å². The second-order valence-electron chi connectivity index (χ2n) is 4.20. The molecule has 0 spiro atoms. The molecule has 1 unspecified atom stereocenters. The third-order valence-corrected chi connectivity index (χ3v) is 2.61. The summed E-state index contributed by atoms with van der Waals surface area (Å²) >= 11 is 0. The highest BCUT2D eigenvalue weighted by molar-refractivity contribution is 4.89. The maximum absolute atomic E-state index is 12.2. The molecule has 0 rings (SSSR count). The predicted molar refractivity (Wildman–Crippen MR) is 61.4 cm³/mol. The van der Waals surface area contributed by atoms with Gasteiger partial charge in [0, 0.05) is 6.54 Å². The second kappa shape index (κ2) is 9.29. The summed E-state index contributed by atoms with van der Waals surface area (Å²) in [4.78, 5) is 0. The fraction of sp³-hybridized carbons (Fsp3) is 0.917. The van der Waals surface area contributed by atoms with Gasteiger partial charge < -0.3 is 5.32 Å². The van der Waals surface area contributed by atoms with Crippen LogP contribution in [0.3, 0.4) is 0 Å². The van der Waals surface area contributed by atoms with Gasteiger partial charge in [0.15, 0.2) is 5.92 Å². The number of unbranched alkanes of at least 4 members (excludes halogenated alkanes) is 5. The monoisotopic (exact) mass is 250 g/mol. The van der Waals surface area contributed by atoms with Gasteiger partial charge in [-0.25, -0.2) is 0 Å². The minimum atomic E-state index is -4.41. The van der Waals surface area contributed by atoms with Crippen LogP contribution in [0.2, 0.25) is 0 Å². The number of nitrogens with zero attached hydrogens (tertiary/aromatic N) is 1. The summed E-state index contributed by atoms with van der Waals surface area (Å²) in [5.74, 6) is -1.89. The van der Waals surface area contributed by atoms with Crippen molar-refractivity contribution in [3.8, 4) is 6.07 Å². The average Bonchev–Trinajstić information content (AvgIpc) is 2.25. The zero-order valence-corrected chi connectivity index (χ0v) is 10.3.